The molecule has 10 rings (SSSR count). The molecule has 2 aliphatic heterocycles. The van der Waals surface area contributed by atoms with Gasteiger partial charge in [0.2, 0.25) is 0 Å². The zero-order valence-corrected chi connectivity index (χ0v) is 50.9. The fraction of sp³-hybridized carbons (Fsp3) is 0.455. The van der Waals surface area contributed by atoms with Gasteiger partial charge in [0.05, 0.1) is 57.0 Å². The third-order valence-corrected chi connectivity index (χ3v) is 15.3. The Morgan fingerprint density at radius 1 is 0.548 bits per heavy atom. The van der Waals surface area contributed by atoms with E-state index >= 15 is 0 Å². The summed E-state index contributed by atoms with van der Waals surface area (Å²) in [6.07, 6.45) is 13.9. The Balaban J connectivity index is 0.000000241. The number of likely N-dealkylation sites (tertiary alicyclic amines) is 2. The molecular weight excluding hydrogens is 1060 g/mol. The second-order valence-corrected chi connectivity index (χ2v) is 24.2. The van der Waals surface area contributed by atoms with Crippen LogP contribution in [0.15, 0.2) is 82.4 Å². The third kappa shape index (κ3) is 15.8. The summed E-state index contributed by atoms with van der Waals surface area (Å²) in [5.41, 5.74) is 9.67. The molecule has 8 aromatic rings. The molecule has 18 nitrogen and oxygen atoms in total. The molecule has 2 saturated heterocycles. The average Bonchev–Trinajstić information content (AvgIpc) is 2.21. The summed E-state index contributed by atoms with van der Waals surface area (Å²) in [4.78, 5) is 84.7. The first-order chi connectivity index (χ1) is 40.2. The van der Waals surface area contributed by atoms with Crippen molar-refractivity contribution >= 4 is 91.8 Å². The van der Waals surface area contributed by atoms with Crippen LogP contribution in [0.25, 0.3) is 68.4 Å². The van der Waals surface area contributed by atoms with Gasteiger partial charge in [0, 0.05) is 80.4 Å². The van der Waals surface area contributed by atoms with Crippen molar-refractivity contribution in [2.24, 2.45) is 0 Å². The molecule has 0 aliphatic carbocycles. The minimum atomic E-state index is -0.569. The second-order valence-electron chi connectivity index (χ2n) is 24.2. The van der Waals surface area contributed by atoms with E-state index in [1.807, 2.05) is 79.9 Å². The van der Waals surface area contributed by atoms with E-state index in [0.29, 0.717) is 33.5 Å². The van der Waals surface area contributed by atoms with E-state index in [1.54, 1.807) is 0 Å². The number of aromatic amines is 2. The first kappa shape index (κ1) is 60.6. The van der Waals surface area contributed by atoms with E-state index in [-0.39, 0.29) is 51.6 Å². The fourth-order valence-electron chi connectivity index (χ4n) is 10.9. The molecular formula is C66H88N12O6. The van der Waals surface area contributed by atoms with Crippen molar-refractivity contribution in [2.45, 2.75) is 131 Å². The molecule has 0 atom stereocenters. The number of hydrogen-bond donors (Lipinski definition) is 2. The Hall–Kier alpha value is -7.96. The van der Waals surface area contributed by atoms with E-state index in [9.17, 15) is 19.2 Å². The van der Waals surface area contributed by atoms with Crippen LogP contribution in [0, 0.1) is 0 Å². The highest BCUT2D eigenvalue weighted by atomic mass is 16.6. The van der Waals surface area contributed by atoms with Crippen LogP contribution in [-0.2, 0) is 45.0 Å². The fourth-order valence-corrected chi connectivity index (χ4v) is 10.9. The molecule has 0 spiro atoms. The van der Waals surface area contributed by atoms with Gasteiger partial charge in [-0.25, -0.2) is 19.9 Å². The van der Waals surface area contributed by atoms with Gasteiger partial charge in [-0.1, -0.05) is 36.4 Å². The van der Waals surface area contributed by atoms with Crippen LogP contribution in [0.4, 0.5) is 11.4 Å². The van der Waals surface area contributed by atoms with Gasteiger partial charge >= 0.3 is 11.9 Å². The molecule has 2 aliphatic rings. The number of esters is 2. The molecule has 0 saturated carbocycles. The predicted octanol–water partition coefficient (Wildman–Crippen LogP) is 11.0. The first-order valence-electron chi connectivity index (χ1n) is 29.9. The van der Waals surface area contributed by atoms with Gasteiger partial charge in [-0.2, -0.15) is 0 Å². The van der Waals surface area contributed by atoms with Gasteiger partial charge in [0.15, 0.2) is 0 Å². The van der Waals surface area contributed by atoms with Crippen LogP contribution < -0.4 is 20.9 Å². The lowest BCUT2D eigenvalue weighted by Crippen LogP contribution is -2.25. The maximum atomic E-state index is 12.8. The highest BCUT2D eigenvalue weighted by Crippen LogP contribution is 2.27. The molecule has 0 unspecified atom stereocenters. The number of nitrogens with zero attached hydrogens (tertiary/aromatic N) is 10. The van der Waals surface area contributed by atoms with Crippen molar-refractivity contribution in [1.29, 1.82) is 0 Å². The maximum absolute atomic E-state index is 12.8. The minimum absolute atomic E-state index is 0. The van der Waals surface area contributed by atoms with Crippen molar-refractivity contribution in [3.8, 4) is 0 Å². The highest BCUT2D eigenvalue weighted by Gasteiger charge is 2.22. The molecule has 2 fully saturated rings. The van der Waals surface area contributed by atoms with Crippen LogP contribution in [0.2, 0.25) is 0 Å². The molecule has 6 heterocycles. The van der Waals surface area contributed by atoms with Gasteiger partial charge in [-0.15, -0.1) is 0 Å². The summed E-state index contributed by atoms with van der Waals surface area (Å²) in [6.45, 7) is 25.3. The number of anilines is 2. The number of imidazole rings is 2. The number of ether oxygens (including phenoxy) is 2. The number of nitrogens with one attached hydrogen (secondary N) is 2. The monoisotopic (exact) mass is 1140 g/mol. The molecule has 18 heteroatoms. The smallest absolute Gasteiger partial charge is 0.306 e. The second kappa shape index (κ2) is 26.7. The quantitative estimate of drug-likeness (QED) is 0.0685. The minimum Gasteiger partial charge on any atom is -0.460 e. The Morgan fingerprint density at radius 3 is 1.31 bits per heavy atom. The Bertz CT molecular complexity index is 3780. The Morgan fingerprint density at radius 2 is 0.940 bits per heavy atom. The van der Waals surface area contributed by atoms with E-state index in [2.05, 4.69) is 135 Å². The van der Waals surface area contributed by atoms with Crippen LogP contribution in [0.1, 0.15) is 131 Å². The number of benzene rings is 4. The summed E-state index contributed by atoms with van der Waals surface area (Å²) in [5.74, 6) is 1.04. The summed E-state index contributed by atoms with van der Waals surface area (Å²) < 4.78 is 15.3. The molecule has 4 aromatic heterocycles. The number of fused-ring (bicyclic) bond motifs is 4. The maximum Gasteiger partial charge on any atom is 0.306 e. The topological polar surface area (TPSA) is 193 Å². The van der Waals surface area contributed by atoms with Crippen LogP contribution in [0.3, 0.4) is 0 Å². The molecule has 4 aromatic carbocycles. The number of carbonyl (C=O) groups excluding carboxylic acids is 2. The zero-order valence-electron chi connectivity index (χ0n) is 50.9. The lowest BCUT2D eigenvalue weighted by atomic mass is 10.2. The van der Waals surface area contributed by atoms with Crippen LogP contribution >= 0.6 is 0 Å². The summed E-state index contributed by atoms with van der Waals surface area (Å²) >= 11 is 0. The molecule has 84 heavy (non-hydrogen) atoms. The van der Waals surface area contributed by atoms with E-state index in [1.165, 1.54) is 31.4 Å². The number of aryl methyl sites for hydroxylation is 2. The van der Waals surface area contributed by atoms with Crippen LogP contribution in [-0.4, -0.2) is 138 Å². The molecule has 0 radical (unpaired) electrons. The number of hydrogen-bond acceptors (Lipinski definition) is 14. The van der Waals surface area contributed by atoms with E-state index in [4.69, 9.17) is 19.4 Å². The molecule has 0 amide bonds. The van der Waals surface area contributed by atoms with Crippen molar-refractivity contribution in [3.05, 3.63) is 128 Å². The van der Waals surface area contributed by atoms with Gasteiger partial charge in [0.25, 0.3) is 11.1 Å². The molecule has 2 N–H and O–H groups in total. The number of carbonyl (C=O) groups is 2. The number of aromatic nitrogens is 8. The molecule has 448 valence electrons. The number of rotatable bonds is 20. The lowest BCUT2D eigenvalue weighted by Gasteiger charge is -2.20. The lowest BCUT2D eigenvalue weighted by molar-refractivity contribution is -0.155. The van der Waals surface area contributed by atoms with Crippen molar-refractivity contribution in [1.82, 2.24) is 48.8 Å². The highest BCUT2D eigenvalue weighted by molar-refractivity contribution is 5.94. The standard InChI is InChI=1S/C34H44N6O3.C32H40N6O3.2H2/c1-6-39(7-2)25-13-10-24(11-14-25)12-16-31-36-29-22-27-28(23-30(29)40(31)21-20-38-18-8-9-19-38)35-26(33(42)37-27)15-17-32(41)43-34(3,4)5;1-32(2,3)41-30(39)15-13-24-31(40)35-25-20-27-28(21-26(25)33-24)38(19-18-37-16-6-7-17-37)29(34-27)14-10-22-8-11-23(12-9-22)36(4)5;;/h10-14,16,22-23H,6-9,15,17-21H2,1-5H3,(H,37,42);8-12,14,20-21H,6-7,13,15-19H2,1-5H3,(H,35,40);2*1H/b16-12+;14-10+;;. The first-order valence-corrected chi connectivity index (χ1v) is 29.9. The largest absolute Gasteiger partial charge is 0.460 e. The van der Waals surface area contributed by atoms with Gasteiger partial charge < -0.3 is 48.2 Å². The summed E-state index contributed by atoms with van der Waals surface area (Å²) in [6, 6.07) is 24.8. The van der Waals surface area contributed by atoms with Crippen molar-refractivity contribution in [2.75, 3.05) is 76.3 Å². The van der Waals surface area contributed by atoms with Gasteiger partial charge in [-0.3, -0.25) is 19.2 Å². The van der Waals surface area contributed by atoms with Gasteiger partial charge in [-0.05, 0) is 179 Å². The summed E-state index contributed by atoms with van der Waals surface area (Å²) in [7, 11) is 4.06. The van der Waals surface area contributed by atoms with E-state index in [0.717, 1.165) is 116 Å². The zero-order chi connectivity index (χ0) is 59.7. The normalized spacial score (nSPS) is 14.4. The van der Waals surface area contributed by atoms with Crippen molar-refractivity contribution < 1.29 is 21.9 Å². The Kier molecular flexibility index (Phi) is 19.3. The predicted molar refractivity (Wildman–Crippen MR) is 344 cm³/mol. The molecule has 0 bridgehead atoms. The number of H-pyrrole nitrogens is 2. The van der Waals surface area contributed by atoms with Crippen LogP contribution in [0.5, 0.6) is 0 Å². The van der Waals surface area contributed by atoms with Crippen molar-refractivity contribution in [3.63, 3.8) is 0 Å². The van der Waals surface area contributed by atoms with Gasteiger partial charge in [0.1, 0.15) is 34.2 Å². The average molecular weight is 1150 g/mol. The SMILES string of the molecule is CCN(CC)c1ccc(/C=C/c2nc3cc4[nH]c(=O)c(CCC(=O)OC(C)(C)C)nc4cc3n2CCN2CCCC2)cc1.CN(C)c1ccc(/C=C/c2nc3cc4[nH]c(=O)c(CCC(=O)OC(C)(C)C)nc4cc3n2CCN2CCCC2)cc1.[HH].[HH]. The summed E-state index contributed by atoms with van der Waals surface area (Å²) in [5, 5.41) is 0. The third-order valence-electron chi connectivity index (χ3n) is 15.3. The Labute approximate surface area is 495 Å². The van der Waals surface area contributed by atoms with E-state index < -0.39 is 11.2 Å².